The average molecular weight is 303 g/mol. The van der Waals surface area contributed by atoms with E-state index in [-0.39, 0.29) is 0 Å². The molecule has 0 aliphatic rings. The van der Waals surface area contributed by atoms with Crippen LogP contribution in [0.15, 0.2) is 91.0 Å². The van der Waals surface area contributed by atoms with Crippen LogP contribution in [0.3, 0.4) is 0 Å². The van der Waals surface area contributed by atoms with E-state index < -0.39 is 5.41 Å². The monoisotopic (exact) mass is 302 g/mol. The van der Waals surface area contributed by atoms with E-state index in [1.165, 1.54) is 0 Å². The van der Waals surface area contributed by atoms with Crippen LogP contribution < -0.4 is 0 Å². The van der Waals surface area contributed by atoms with Crippen LogP contribution in [0, 0.1) is 11.3 Å². The summed E-state index contributed by atoms with van der Waals surface area (Å²) in [6.07, 6.45) is 0. The van der Waals surface area contributed by atoms with E-state index in [1.54, 1.807) is 0 Å². The van der Waals surface area contributed by atoms with Gasteiger partial charge in [0.1, 0.15) is 5.41 Å². The van der Waals surface area contributed by atoms with Crippen molar-refractivity contribution in [1.82, 2.24) is 0 Å². The smallest absolute Gasteiger partial charge is 0.0645 e. The molecule has 0 saturated heterocycles. The van der Waals surface area contributed by atoms with E-state index >= 15 is 0 Å². The fourth-order valence-electron chi connectivity index (χ4n) is 2.85. The van der Waals surface area contributed by atoms with Crippen molar-refractivity contribution < 1.29 is 0 Å². The minimum atomic E-state index is -0.564. The normalized spacial score (nSPS) is 10.6. The number of hydrogen-bond donors (Lipinski definition) is 0. The van der Waals surface area contributed by atoms with Crippen LogP contribution in [0.4, 0.5) is 0 Å². The second-order valence-electron chi connectivity index (χ2n) is 5.07. The molecule has 0 atom stereocenters. The highest BCUT2D eigenvalue weighted by atomic mass is 35.5. The standard InChI is InChI=1S/C21H15Cl/c22-17-16-21(18-10-4-1-5-11-18,19-12-6-2-7-13-19)20-14-8-3-9-15-20/h1-15H. The van der Waals surface area contributed by atoms with Crippen molar-refractivity contribution in [2.75, 3.05) is 0 Å². The van der Waals surface area contributed by atoms with E-state index in [0.29, 0.717) is 0 Å². The summed E-state index contributed by atoms with van der Waals surface area (Å²) in [5.74, 6) is 3.26. The summed E-state index contributed by atoms with van der Waals surface area (Å²) >= 11 is 5.87. The first-order valence-electron chi connectivity index (χ1n) is 7.17. The molecule has 3 aromatic carbocycles. The molecule has 0 heterocycles. The van der Waals surface area contributed by atoms with Crippen molar-refractivity contribution in [1.29, 1.82) is 0 Å². The van der Waals surface area contributed by atoms with E-state index in [1.807, 2.05) is 54.6 Å². The van der Waals surface area contributed by atoms with Crippen molar-refractivity contribution in [3.8, 4) is 11.3 Å². The van der Waals surface area contributed by atoms with Crippen molar-refractivity contribution in [3.63, 3.8) is 0 Å². The molecule has 0 aliphatic heterocycles. The molecule has 0 amide bonds. The molecule has 0 bridgehead atoms. The van der Waals surface area contributed by atoms with Gasteiger partial charge in [0, 0.05) is 5.38 Å². The molecule has 0 N–H and O–H groups in total. The first-order valence-corrected chi connectivity index (χ1v) is 7.55. The van der Waals surface area contributed by atoms with Crippen LogP contribution in [0.2, 0.25) is 0 Å². The Bertz CT molecular complexity index is 684. The Morgan fingerprint density at radius 2 is 0.864 bits per heavy atom. The maximum absolute atomic E-state index is 5.87. The maximum Gasteiger partial charge on any atom is 0.107 e. The number of rotatable bonds is 3. The lowest BCUT2D eigenvalue weighted by Crippen LogP contribution is -2.27. The molecule has 3 rings (SSSR count). The quantitative estimate of drug-likeness (QED) is 0.459. The molecular weight excluding hydrogens is 288 g/mol. The molecule has 0 fully saturated rings. The summed E-state index contributed by atoms with van der Waals surface area (Å²) in [6, 6.07) is 30.8. The summed E-state index contributed by atoms with van der Waals surface area (Å²) in [6.45, 7) is 0. The van der Waals surface area contributed by atoms with Gasteiger partial charge in [-0.3, -0.25) is 0 Å². The van der Waals surface area contributed by atoms with Gasteiger partial charge in [0.2, 0.25) is 0 Å². The predicted molar refractivity (Wildman–Crippen MR) is 92.8 cm³/mol. The van der Waals surface area contributed by atoms with Gasteiger partial charge in [-0.1, -0.05) is 96.9 Å². The fourth-order valence-corrected chi connectivity index (χ4v) is 2.99. The van der Waals surface area contributed by atoms with Crippen LogP contribution in [0.5, 0.6) is 0 Å². The Hall–Kier alpha value is -2.49. The second kappa shape index (κ2) is 6.52. The lowest BCUT2D eigenvalue weighted by molar-refractivity contribution is 0.810. The van der Waals surface area contributed by atoms with Crippen molar-refractivity contribution in [2.45, 2.75) is 5.41 Å². The topological polar surface area (TPSA) is 0 Å². The van der Waals surface area contributed by atoms with Gasteiger partial charge in [-0.2, -0.15) is 0 Å². The van der Waals surface area contributed by atoms with Gasteiger partial charge in [0.05, 0.1) is 0 Å². The average Bonchev–Trinajstić information content (AvgIpc) is 2.62. The molecule has 0 spiro atoms. The largest absolute Gasteiger partial charge is 0.107 e. The molecule has 1 heteroatoms. The molecule has 0 saturated carbocycles. The van der Waals surface area contributed by atoms with E-state index in [0.717, 1.165) is 16.7 Å². The third kappa shape index (κ3) is 2.52. The highest BCUT2D eigenvalue weighted by Gasteiger charge is 2.34. The molecule has 0 unspecified atom stereocenters. The lowest BCUT2D eigenvalue weighted by Gasteiger charge is -2.30. The molecule has 0 radical (unpaired) electrons. The van der Waals surface area contributed by atoms with Crippen LogP contribution in [0.25, 0.3) is 0 Å². The summed E-state index contributed by atoms with van der Waals surface area (Å²) < 4.78 is 0. The first-order chi connectivity index (χ1) is 10.9. The number of halogens is 1. The summed E-state index contributed by atoms with van der Waals surface area (Å²) in [5, 5.41) is 2.63. The van der Waals surface area contributed by atoms with Gasteiger partial charge in [-0.05, 0) is 28.3 Å². The Balaban J connectivity index is 2.36. The first kappa shape index (κ1) is 14.4. The van der Waals surface area contributed by atoms with E-state index in [9.17, 15) is 0 Å². The molecule has 0 aromatic heterocycles. The summed E-state index contributed by atoms with van der Waals surface area (Å²) in [5.41, 5.74) is 2.77. The fraction of sp³-hybridized carbons (Fsp3) is 0.0476. The zero-order valence-electron chi connectivity index (χ0n) is 12.0. The van der Waals surface area contributed by atoms with Gasteiger partial charge in [-0.25, -0.2) is 0 Å². The molecular formula is C21H15Cl. The van der Waals surface area contributed by atoms with Gasteiger partial charge in [0.25, 0.3) is 0 Å². The third-order valence-corrected chi connectivity index (χ3v) is 3.95. The zero-order chi connectivity index (χ0) is 15.3. The highest BCUT2D eigenvalue weighted by molar-refractivity contribution is 6.30. The van der Waals surface area contributed by atoms with Crippen LogP contribution in [-0.4, -0.2) is 0 Å². The summed E-state index contributed by atoms with van der Waals surface area (Å²) in [7, 11) is 0. The van der Waals surface area contributed by atoms with E-state index in [2.05, 4.69) is 47.7 Å². The van der Waals surface area contributed by atoms with Crippen LogP contribution >= 0.6 is 11.6 Å². The van der Waals surface area contributed by atoms with Gasteiger partial charge < -0.3 is 0 Å². The molecule has 22 heavy (non-hydrogen) atoms. The Labute approximate surface area is 136 Å². The third-order valence-electron chi connectivity index (χ3n) is 3.86. The maximum atomic E-state index is 5.87. The molecule has 106 valence electrons. The number of hydrogen-bond acceptors (Lipinski definition) is 0. The minimum Gasteiger partial charge on any atom is -0.0645 e. The summed E-state index contributed by atoms with van der Waals surface area (Å²) in [4.78, 5) is 0. The molecule has 0 nitrogen and oxygen atoms in total. The van der Waals surface area contributed by atoms with Gasteiger partial charge >= 0.3 is 0 Å². The minimum absolute atomic E-state index is 0.564. The highest BCUT2D eigenvalue weighted by Crippen LogP contribution is 2.38. The van der Waals surface area contributed by atoms with Crippen LogP contribution in [-0.2, 0) is 5.41 Å². The van der Waals surface area contributed by atoms with Gasteiger partial charge in [-0.15, -0.1) is 0 Å². The van der Waals surface area contributed by atoms with Crippen molar-refractivity contribution >= 4 is 11.6 Å². The van der Waals surface area contributed by atoms with E-state index in [4.69, 9.17) is 11.6 Å². The van der Waals surface area contributed by atoms with Crippen molar-refractivity contribution in [3.05, 3.63) is 108 Å². The van der Waals surface area contributed by atoms with Crippen LogP contribution in [0.1, 0.15) is 16.7 Å². The SMILES string of the molecule is ClC#CC(c1ccccc1)(c1ccccc1)c1ccccc1. The lowest BCUT2D eigenvalue weighted by atomic mass is 9.70. The predicted octanol–water partition coefficient (Wildman–Crippen LogP) is 5.22. The Kier molecular flexibility index (Phi) is 4.28. The second-order valence-corrected chi connectivity index (χ2v) is 5.26. The van der Waals surface area contributed by atoms with Crippen molar-refractivity contribution in [2.24, 2.45) is 0 Å². The molecule has 3 aromatic rings. The Morgan fingerprint density at radius 1 is 0.545 bits per heavy atom. The molecule has 0 aliphatic carbocycles. The Morgan fingerprint density at radius 3 is 1.14 bits per heavy atom. The zero-order valence-corrected chi connectivity index (χ0v) is 12.8. The van der Waals surface area contributed by atoms with Gasteiger partial charge in [0.15, 0.2) is 0 Å². The number of benzene rings is 3.